The molecule has 1 saturated heterocycles. The summed E-state index contributed by atoms with van der Waals surface area (Å²) in [5, 5.41) is 0. The molecule has 1 unspecified atom stereocenters. The second kappa shape index (κ2) is 4.75. The third-order valence-electron chi connectivity index (χ3n) is 2.04. The molecular formula is C10H18O4. The first-order chi connectivity index (χ1) is 6.53. The van der Waals surface area contributed by atoms with Crippen LogP contribution in [0, 0.1) is 0 Å². The van der Waals surface area contributed by atoms with Crippen LogP contribution in [-0.2, 0) is 19.0 Å². The monoisotopic (exact) mass is 202 g/mol. The van der Waals surface area contributed by atoms with Crippen molar-refractivity contribution in [1.82, 2.24) is 0 Å². The van der Waals surface area contributed by atoms with Gasteiger partial charge in [-0.15, -0.1) is 0 Å². The standard InChI is InChI=1S/C10H18O4/c1-4-12-9(11)7-8-5-6-13-10(2,3)14-8/h8H,4-7H2,1-3H3. The van der Waals surface area contributed by atoms with Gasteiger partial charge in [0.05, 0.1) is 25.7 Å². The average Bonchev–Trinajstić information content (AvgIpc) is 2.02. The maximum atomic E-state index is 11.2. The second-order valence-corrected chi connectivity index (χ2v) is 3.79. The van der Waals surface area contributed by atoms with Crippen LogP contribution < -0.4 is 0 Å². The summed E-state index contributed by atoms with van der Waals surface area (Å²) < 4.78 is 15.8. The van der Waals surface area contributed by atoms with Gasteiger partial charge in [0.25, 0.3) is 0 Å². The van der Waals surface area contributed by atoms with Crippen molar-refractivity contribution in [2.75, 3.05) is 13.2 Å². The van der Waals surface area contributed by atoms with Gasteiger partial charge in [0.2, 0.25) is 0 Å². The van der Waals surface area contributed by atoms with Gasteiger partial charge in [-0.2, -0.15) is 0 Å². The van der Waals surface area contributed by atoms with Crippen molar-refractivity contribution >= 4 is 5.97 Å². The summed E-state index contributed by atoms with van der Waals surface area (Å²) >= 11 is 0. The van der Waals surface area contributed by atoms with E-state index in [1.165, 1.54) is 0 Å². The van der Waals surface area contributed by atoms with Gasteiger partial charge in [-0.25, -0.2) is 0 Å². The number of hydrogen-bond acceptors (Lipinski definition) is 4. The highest BCUT2D eigenvalue weighted by molar-refractivity contribution is 5.69. The fourth-order valence-electron chi connectivity index (χ4n) is 1.48. The highest BCUT2D eigenvalue weighted by Crippen LogP contribution is 2.23. The highest BCUT2D eigenvalue weighted by Gasteiger charge is 2.30. The molecule has 0 N–H and O–H groups in total. The van der Waals surface area contributed by atoms with E-state index in [2.05, 4.69) is 0 Å². The molecule has 0 aromatic rings. The Morgan fingerprint density at radius 3 is 2.86 bits per heavy atom. The number of carbonyl (C=O) groups is 1. The van der Waals surface area contributed by atoms with Gasteiger partial charge < -0.3 is 14.2 Å². The first-order valence-electron chi connectivity index (χ1n) is 5.01. The van der Waals surface area contributed by atoms with Crippen molar-refractivity contribution in [2.45, 2.75) is 45.5 Å². The van der Waals surface area contributed by atoms with Gasteiger partial charge in [-0.05, 0) is 27.2 Å². The normalized spacial score (nSPS) is 25.8. The largest absolute Gasteiger partial charge is 0.466 e. The molecule has 14 heavy (non-hydrogen) atoms. The number of hydrogen-bond donors (Lipinski definition) is 0. The van der Waals surface area contributed by atoms with E-state index in [0.717, 1.165) is 6.42 Å². The molecular weight excluding hydrogens is 184 g/mol. The molecule has 0 amide bonds. The molecule has 0 radical (unpaired) electrons. The molecule has 82 valence electrons. The van der Waals surface area contributed by atoms with E-state index in [-0.39, 0.29) is 12.1 Å². The van der Waals surface area contributed by atoms with Gasteiger partial charge >= 0.3 is 5.97 Å². The zero-order valence-electron chi connectivity index (χ0n) is 9.04. The maximum Gasteiger partial charge on any atom is 0.308 e. The van der Waals surface area contributed by atoms with Crippen LogP contribution in [0.2, 0.25) is 0 Å². The Labute approximate surface area is 84.5 Å². The molecule has 1 heterocycles. The van der Waals surface area contributed by atoms with E-state index in [9.17, 15) is 4.79 Å². The van der Waals surface area contributed by atoms with Gasteiger partial charge in [0.1, 0.15) is 0 Å². The lowest BCUT2D eigenvalue weighted by Gasteiger charge is -2.35. The summed E-state index contributed by atoms with van der Waals surface area (Å²) in [6.45, 7) is 6.56. The molecule has 0 bridgehead atoms. The topological polar surface area (TPSA) is 44.8 Å². The Morgan fingerprint density at radius 1 is 1.57 bits per heavy atom. The number of carbonyl (C=O) groups excluding carboxylic acids is 1. The molecule has 0 spiro atoms. The van der Waals surface area contributed by atoms with Gasteiger partial charge in [-0.1, -0.05) is 0 Å². The van der Waals surface area contributed by atoms with E-state index in [4.69, 9.17) is 14.2 Å². The van der Waals surface area contributed by atoms with E-state index in [1.807, 2.05) is 13.8 Å². The first-order valence-corrected chi connectivity index (χ1v) is 5.01. The third-order valence-corrected chi connectivity index (χ3v) is 2.04. The molecule has 0 aliphatic carbocycles. The molecule has 1 rings (SSSR count). The zero-order chi connectivity index (χ0) is 10.6. The van der Waals surface area contributed by atoms with Crippen LogP contribution in [-0.4, -0.2) is 31.1 Å². The average molecular weight is 202 g/mol. The van der Waals surface area contributed by atoms with Crippen molar-refractivity contribution in [3.05, 3.63) is 0 Å². The lowest BCUT2D eigenvalue weighted by Crippen LogP contribution is -2.40. The Morgan fingerprint density at radius 2 is 2.29 bits per heavy atom. The smallest absolute Gasteiger partial charge is 0.308 e. The van der Waals surface area contributed by atoms with E-state index in [0.29, 0.717) is 19.6 Å². The minimum atomic E-state index is -0.574. The summed E-state index contributed by atoms with van der Waals surface area (Å²) in [5.41, 5.74) is 0. The molecule has 1 fully saturated rings. The van der Waals surface area contributed by atoms with Gasteiger partial charge in [-0.3, -0.25) is 4.79 Å². The second-order valence-electron chi connectivity index (χ2n) is 3.79. The van der Waals surface area contributed by atoms with E-state index in [1.54, 1.807) is 6.92 Å². The predicted molar refractivity (Wildman–Crippen MR) is 50.8 cm³/mol. The lowest BCUT2D eigenvalue weighted by molar-refractivity contribution is -0.273. The van der Waals surface area contributed by atoms with Crippen LogP contribution in [0.1, 0.15) is 33.6 Å². The van der Waals surface area contributed by atoms with Crippen molar-refractivity contribution < 1.29 is 19.0 Å². The van der Waals surface area contributed by atoms with Crippen LogP contribution >= 0.6 is 0 Å². The summed E-state index contributed by atoms with van der Waals surface area (Å²) in [4.78, 5) is 11.2. The highest BCUT2D eigenvalue weighted by atomic mass is 16.7. The number of esters is 1. The van der Waals surface area contributed by atoms with Crippen molar-refractivity contribution in [1.29, 1.82) is 0 Å². The summed E-state index contributed by atoms with van der Waals surface area (Å²) in [6, 6.07) is 0. The Hall–Kier alpha value is -0.610. The van der Waals surface area contributed by atoms with Crippen LogP contribution in [0.5, 0.6) is 0 Å². The molecule has 0 aromatic carbocycles. The Kier molecular flexibility index (Phi) is 3.89. The van der Waals surface area contributed by atoms with Crippen LogP contribution in [0.3, 0.4) is 0 Å². The summed E-state index contributed by atoms with van der Waals surface area (Å²) in [7, 11) is 0. The number of ether oxygens (including phenoxy) is 3. The molecule has 1 aliphatic rings. The Bertz CT molecular complexity index is 200. The van der Waals surface area contributed by atoms with E-state index < -0.39 is 5.79 Å². The van der Waals surface area contributed by atoms with Crippen molar-refractivity contribution in [3.8, 4) is 0 Å². The fraction of sp³-hybridized carbons (Fsp3) is 0.900. The minimum Gasteiger partial charge on any atom is -0.466 e. The molecule has 1 aliphatic heterocycles. The third kappa shape index (κ3) is 3.64. The minimum absolute atomic E-state index is 0.0715. The molecule has 0 saturated carbocycles. The van der Waals surface area contributed by atoms with Crippen LogP contribution in [0.25, 0.3) is 0 Å². The van der Waals surface area contributed by atoms with Crippen molar-refractivity contribution in [3.63, 3.8) is 0 Å². The SMILES string of the molecule is CCOC(=O)CC1CCOC(C)(C)O1. The summed E-state index contributed by atoms with van der Waals surface area (Å²) in [5.74, 6) is -0.773. The summed E-state index contributed by atoms with van der Waals surface area (Å²) in [6.07, 6.45) is 1.00. The molecule has 4 heteroatoms. The molecule has 0 aromatic heterocycles. The van der Waals surface area contributed by atoms with Crippen molar-refractivity contribution in [2.24, 2.45) is 0 Å². The maximum absolute atomic E-state index is 11.2. The Balaban J connectivity index is 2.34. The first kappa shape index (κ1) is 11.5. The lowest BCUT2D eigenvalue weighted by atomic mass is 10.1. The quantitative estimate of drug-likeness (QED) is 0.650. The zero-order valence-corrected chi connectivity index (χ0v) is 9.04. The molecule has 4 nitrogen and oxygen atoms in total. The molecule has 1 atom stereocenters. The fourth-order valence-corrected chi connectivity index (χ4v) is 1.48. The van der Waals surface area contributed by atoms with Gasteiger partial charge in [0.15, 0.2) is 5.79 Å². The van der Waals surface area contributed by atoms with Crippen LogP contribution in [0.15, 0.2) is 0 Å². The van der Waals surface area contributed by atoms with Crippen LogP contribution in [0.4, 0.5) is 0 Å². The number of rotatable bonds is 3. The van der Waals surface area contributed by atoms with E-state index >= 15 is 0 Å². The predicted octanol–water partition coefficient (Wildman–Crippen LogP) is 1.48. The van der Waals surface area contributed by atoms with Gasteiger partial charge in [0, 0.05) is 0 Å².